The third-order valence-electron chi connectivity index (χ3n) is 5.86. The summed E-state index contributed by atoms with van der Waals surface area (Å²) >= 11 is 0. The van der Waals surface area contributed by atoms with Crippen LogP contribution in [0.15, 0.2) is 23.3 Å². The fourth-order valence-corrected chi connectivity index (χ4v) is 4.02. The minimum absolute atomic E-state index is 0. The molecule has 7 nitrogen and oxygen atoms in total. The van der Waals surface area contributed by atoms with Crippen LogP contribution in [0.5, 0.6) is 5.88 Å². The number of nitrogens with one attached hydrogen (secondary N) is 2. The number of rotatable bonds is 11. The van der Waals surface area contributed by atoms with Crippen molar-refractivity contribution in [2.24, 2.45) is 10.9 Å². The van der Waals surface area contributed by atoms with E-state index in [-0.39, 0.29) is 24.0 Å². The average Bonchev–Trinajstić information content (AvgIpc) is 2.81. The zero-order valence-corrected chi connectivity index (χ0v) is 21.9. The molecule has 0 aromatic carbocycles. The molecule has 1 aliphatic carbocycles. The van der Waals surface area contributed by atoms with Gasteiger partial charge in [-0.25, -0.2) is 9.98 Å². The molecule has 8 heteroatoms. The summed E-state index contributed by atoms with van der Waals surface area (Å²) in [6.07, 6.45) is 11.4. The highest BCUT2D eigenvalue weighted by atomic mass is 127. The monoisotopic (exact) mass is 560 g/mol. The Kier molecular flexibility index (Phi) is 14.0. The quantitative estimate of drug-likeness (QED) is 0.182. The Balaban J connectivity index is 0.00000363. The summed E-state index contributed by atoms with van der Waals surface area (Å²) in [6, 6.07) is 4.02. The summed E-state index contributed by atoms with van der Waals surface area (Å²) in [5, 5.41) is 6.71. The number of aromatic nitrogens is 1. The van der Waals surface area contributed by atoms with E-state index in [0.717, 1.165) is 89.0 Å². The van der Waals surface area contributed by atoms with Crippen LogP contribution in [0.3, 0.4) is 0 Å². The molecule has 1 saturated carbocycles. The van der Waals surface area contributed by atoms with E-state index in [9.17, 15) is 0 Å². The van der Waals surface area contributed by atoms with Crippen molar-refractivity contribution in [2.75, 3.05) is 39.5 Å². The van der Waals surface area contributed by atoms with Crippen LogP contribution >= 0.6 is 24.0 Å². The molecule has 2 N–H and O–H groups in total. The van der Waals surface area contributed by atoms with Crippen molar-refractivity contribution < 1.29 is 14.2 Å². The van der Waals surface area contributed by atoms with Crippen molar-refractivity contribution in [3.8, 4) is 5.88 Å². The first-order valence-corrected chi connectivity index (χ1v) is 12.1. The number of hydrogen-bond donors (Lipinski definition) is 2. The number of ether oxygens (including phenoxy) is 3. The molecule has 2 heterocycles. The fraction of sp³-hybridized carbons (Fsp3) is 0.750. The summed E-state index contributed by atoms with van der Waals surface area (Å²) < 4.78 is 17.3. The lowest BCUT2D eigenvalue weighted by molar-refractivity contribution is 0.0203. The molecule has 0 radical (unpaired) electrons. The lowest BCUT2D eigenvalue weighted by Gasteiger charge is -2.22. The molecule has 2 fully saturated rings. The highest BCUT2D eigenvalue weighted by Gasteiger charge is 2.15. The zero-order valence-electron chi connectivity index (χ0n) is 19.5. The summed E-state index contributed by atoms with van der Waals surface area (Å²) in [4.78, 5) is 9.11. The van der Waals surface area contributed by atoms with E-state index in [4.69, 9.17) is 19.2 Å². The molecule has 0 bridgehead atoms. The number of nitrogens with zero attached hydrogens (tertiary/aromatic N) is 2. The van der Waals surface area contributed by atoms with Gasteiger partial charge in [-0.05, 0) is 69.4 Å². The smallest absolute Gasteiger partial charge is 0.213 e. The first kappa shape index (κ1) is 27.1. The zero-order chi connectivity index (χ0) is 21.6. The molecule has 1 aromatic rings. The predicted molar refractivity (Wildman–Crippen MR) is 139 cm³/mol. The summed E-state index contributed by atoms with van der Waals surface area (Å²) in [6.45, 7) is 7.73. The van der Waals surface area contributed by atoms with Crippen molar-refractivity contribution in [2.45, 2.75) is 70.9 Å². The third-order valence-corrected chi connectivity index (χ3v) is 5.86. The topological polar surface area (TPSA) is 77.0 Å². The average molecular weight is 561 g/mol. The normalized spacial score (nSPS) is 18.1. The Morgan fingerprint density at radius 3 is 2.75 bits per heavy atom. The van der Waals surface area contributed by atoms with E-state index in [1.165, 1.54) is 19.3 Å². The van der Waals surface area contributed by atoms with Crippen LogP contribution in [0.4, 0.5) is 0 Å². The molecule has 0 spiro atoms. The highest BCUT2D eigenvalue weighted by molar-refractivity contribution is 14.0. The Morgan fingerprint density at radius 2 is 1.97 bits per heavy atom. The second-order valence-electron chi connectivity index (χ2n) is 8.49. The Bertz CT molecular complexity index is 650. The van der Waals surface area contributed by atoms with Crippen LogP contribution in [0.25, 0.3) is 0 Å². The highest BCUT2D eigenvalue weighted by Crippen LogP contribution is 2.22. The van der Waals surface area contributed by atoms with Gasteiger partial charge >= 0.3 is 0 Å². The standard InChI is InChI=1S/C24H40N4O3.HI/c1-2-25-24(27-12-6-14-30-19-20-10-15-29-16-11-20)28-18-21-9-13-26-23(17-21)31-22-7-4-3-5-8-22;/h9,13,17,20,22H,2-8,10-12,14-16,18-19H2,1H3,(H2,25,27,28);1H. The van der Waals surface area contributed by atoms with Gasteiger partial charge < -0.3 is 24.8 Å². The van der Waals surface area contributed by atoms with Crippen LogP contribution in [-0.4, -0.2) is 56.6 Å². The number of hydrogen-bond acceptors (Lipinski definition) is 5. The van der Waals surface area contributed by atoms with Crippen molar-refractivity contribution in [3.05, 3.63) is 23.9 Å². The molecule has 32 heavy (non-hydrogen) atoms. The first-order chi connectivity index (χ1) is 15.3. The Hall–Kier alpha value is -1.13. The van der Waals surface area contributed by atoms with Crippen molar-refractivity contribution in [3.63, 3.8) is 0 Å². The van der Waals surface area contributed by atoms with Gasteiger partial charge in [0.15, 0.2) is 5.96 Å². The maximum Gasteiger partial charge on any atom is 0.213 e. The van der Waals surface area contributed by atoms with E-state index in [1.54, 1.807) is 0 Å². The largest absolute Gasteiger partial charge is 0.474 e. The number of pyridine rings is 1. The van der Waals surface area contributed by atoms with Crippen molar-refractivity contribution in [1.29, 1.82) is 0 Å². The molecule has 0 atom stereocenters. The molecule has 3 rings (SSSR count). The molecule has 1 aromatic heterocycles. The Morgan fingerprint density at radius 1 is 1.16 bits per heavy atom. The van der Waals surface area contributed by atoms with E-state index in [0.29, 0.717) is 18.6 Å². The van der Waals surface area contributed by atoms with E-state index < -0.39 is 0 Å². The van der Waals surface area contributed by atoms with Crippen LogP contribution < -0.4 is 15.4 Å². The van der Waals surface area contributed by atoms with E-state index >= 15 is 0 Å². The molecule has 1 saturated heterocycles. The Labute approximate surface area is 210 Å². The molecule has 182 valence electrons. The molecule has 0 unspecified atom stereocenters. The predicted octanol–water partition coefficient (Wildman–Crippen LogP) is 4.30. The second-order valence-corrected chi connectivity index (χ2v) is 8.49. The van der Waals surface area contributed by atoms with Crippen LogP contribution in [0.1, 0.15) is 63.9 Å². The molecule has 2 aliphatic rings. The minimum Gasteiger partial charge on any atom is -0.474 e. The van der Waals surface area contributed by atoms with Gasteiger partial charge in [0.2, 0.25) is 5.88 Å². The maximum atomic E-state index is 6.08. The van der Waals surface area contributed by atoms with Gasteiger partial charge in [-0.1, -0.05) is 6.42 Å². The van der Waals surface area contributed by atoms with E-state index in [1.807, 2.05) is 18.3 Å². The van der Waals surface area contributed by atoms with E-state index in [2.05, 4.69) is 22.5 Å². The SMILES string of the molecule is CCNC(=NCc1ccnc(OC2CCCCC2)c1)NCCCOCC1CCOCC1.I. The van der Waals surface area contributed by atoms with Crippen molar-refractivity contribution in [1.82, 2.24) is 15.6 Å². The van der Waals surface area contributed by atoms with Gasteiger partial charge in [-0.3, -0.25) is 0 Å². The number of halogens is 1. The number of guanidine groups is 1. The second kappa shape index (κ2) is 16.5. The summed E-state index contributed by atoms with van der Waals surface area (Å²) in [5.74, 6) is 2.21. The molecule has 1 aliphatic heterocycles. The number of aliphatic imine (C=N–C) groups is 1. The minimum atomic E-state index is 0. The lowest BCUT2D eigenvalue weighted by Crippen LogP contribution is -2.38. The van der Waals surface area contributed by atoms with Gasteiger partial charge in [0.25, 0.3) is 0 Å². The summed E-state index contributed by atoms with van der Waals surface area (Å²) in [7, 11) is 0. The fourth-order valence-electron chi connectivity index (χ4n) is 4.02. The molecular weight excluding hydrogens is 519 g/mol. The maximum absolute atomic E-state index is 6.08. The molecular formula is C24H41IN4O3. The van der Waals surface area contributed by atoms with Gasteiger partial charge in [0.1, 0.15) is 6.10 Å². The van der Waals surface area contributed by atoms with Gasteiger partial charge in [-0.15, -0.1) is 24.0 Å². The van der Waals surface area contributed by atoms with Crippen LogP contribution in [0, 0.1) is 5.92 Å². The van der Waals surface area contributed by atoms with Gasteiger partial charge in [0.05, 0.1) is 6.54 Å². The van der Waals surface area contributed by atoms with Crippen LogP contribution in [0.2, 0.25) is 0 Å². The first-order valence-electron chi connectivity index (χ1n) is 12.1. The van der Waals surface area contributed by atoms with Crippen LogP contribution in [-0.2, 0) is 16.0 Å². The van der Waals surface area contributed by atoms with Gasteiger partial charge in [0, 0.05) is 51.8 Å². The van der Waals surface area contributed by atoms with Crippen molar-refractivity contribution >= 4 is 29.9 Å². The summed E-state index contributed by atoms with van der Waals surface area (Å²) in [5.41, 5.74) is 1.11. The van der Waals surface area contributed by atoms with Gasteiger partial charge in [-0.2, -0.15) is 0 Å². The third kappa shape index (κ3) is 10.7. The lowest BCUT2D eigenvalue weighted by atomic mass is 9.98. The molecule has 0 amide bonds.